The largest absolute Gasteiger partial charge is 0.507 e. The zero-order chi connectivity index (χ0) is 12.3. The molecule has 4 nitrogen and oxygen atoms in total. The first-order valence-electron chi connectivity index (χ1n) is 4.68. The maximum atomic E-state index is 11.7. The van der Waals surface area contributed by atoms with Gasteiger partial charge in [0.05, 0.1) is 12.2 Å². The molecular formula is C11H11BrO4. The van der Waals surface area contributed by atoms with E-state index in [1.165, 1.54) is 0 Å². The van der Waals surface area contributed by atoms with Crippen molar-refractivity contribution < 1.29 is 19.4 Å². The molecule has 0 bridgehead atoms. The summed E-state index contributed by atoms with van der Waals surface area (Å²) in [6.45, 7) is 3.37. The van der Waals surface area contributed by atoms with E-state index < -0.39 is 11.8 Å². The van der Waals surface area contributed by atoms with Crippen LogP contribution in [0.2, 0.25) is 0 Å². The van der Waals surface area contributed by atoms with Gasteiger partial charge in [0.15, 0.2) is 0 Å². The highest BCUT2D eigenvalue weighted by atomic mass is 79.9. The minimum atomic E-state index is -0.968. The van der Waals surface area contributed by atoms with E-state index in [-0.39, 0.29) is 17.9 Å². The van der Waals surface area contributed by atoms with Crippen molar-refractivity contribution >= 4 is 27.7 Å². The quantitative estimate of drug-likeness (QED) is 0.526. The summed E-state index contributed by atoms with van der Waals surface area (Å²) in [5.41, 5.74) is 0.467. The molecule has 0 aliphatic heterocycles. The molecule has 0 aromatic heterocycles. The molecule has 1 rings (SSSR count). The molecular weight excluding hydrogens is 276 g/mol. The summed E-state index contributed by atoms with van der Waals surface area (Å²) in [7, 11) is 0. The number of halogens is 1. The molecule has 0 unspecified atom stereocenters. The predicted molar refractivity (Wildman–Crippen MR) is 61.5 cm³/mol. The number of benzene rings is 1. The first-order valence-corrected chi connectivity index (χ1v) is 5.47. The molecule has 1 aromatic rings. The van der Waals surface area contributed by atoms with Gasteiger partial charge in [0.2, 0.25) is 0 Å². The lowest BCUT2D eigenvalue weighted by Crippen LogP contribution is -2.18. The molecule has 5 heteroatoms. The van der Waals surface area contributed by atoms with Crippen molar-refractivity contribution in [2.75, 3.05) is 6.61 Å². The lowest BCUT2D eigenvalue weighted by atomic mass is 10.1. The van der Waals surface area contributed by atoms with Crippen LogP contribution in [0.15, 0.2) is 16.6 Å². The molecule has 0 aliphatic rings. The van der Waals surface area contributed by atoms with Crippen LogP contribution in [0.4, 0.5) is 0 Å². The van der Waals surface area contributed by atoms with Crippen molar-refractivity contribution in [3.63, 3.8) is 0 Å². The molecule has 86 valence electrons. The number of phenols is 1. The first-order chi connectivity index (χ1) is 7.49. The lowest BCUT2D eigenvalue weighted by Gasteiger charge is -2.07. The third kappa shape index (κ3) is 2.41. The van der Waals surface area contributed by atoms with E-state index in [0.29, 0.717) is 10.0 Å². The van der Waals surface area contributed by atoms with Crippen molar-refractivity contribution in [3.8, 4) is 5.75 Å². The molecule has 1 N–H and O–H groups in total. The second kappa shape index (κ2) is 5.12. The number of ether oxygens (including phenoxy) is 1. The predicted octanol–water partition coefficient (Wildman–Crippen LogP) is 2.21. The van der Waals surface area contributed by atoms with E-state index in [0.717, 1.165) is 0 Å². The molecule has 0 fully saturated rings. The Morgan fingerprint density at radius 2 is 2.06 bits per heavy atom. The fourth-order valence-electron chi connectivity index (χ4n) is 1.19. The van der Waals surface area contributed by atoms with Gasteiger partial charge in [-0.05, 0) is 41.4 Å². The number of Topliss-reactive ketones (excluding diaryl/α,β-unsaturated/α-hetero) is 1. The van der Waals surface area contributed by atoms with Crippen LogP contribution in [0, 0.1) is 6.92 Å². The SMILES string of the molecule is CCOC(=O)C(=O)c1c(Br)ccc(C)c1O. The van der Waals surface area contributed by atoms with Gasteiger partial charge in [-0.1, -0.05) is 6.07 Å². The first kappa shape index (κ1) is 12.7. The molecule has 0 saturated carbocycles. The number of aromatic hydroxyl groups is 1. The summed E-state index contributed by atoms with van der Waals surface area (Å²) in [6.07, 6.45) is 0. The van der Waals surface area contributed by atoms with Crippen LogP contribution in [0.1, 0.15) is 22.8 Å². The van der Waals surface area contributed by atoms with Gasteiger partial charge in [-0.3, -0.25) is 4.79 Å². The highest BCUT2D eigenvalue weighted by molar-refractivity contribution is 9.10. The van der Waals surface area contributed by atoms with Crippen molar-refractivity contribution in [1.29, 1.82) is 0 Å². The van der Waals surface area contributed by atoms with E-state index in [2.05, 4.69) is 20.7 Å². The molecule has 16 heavy (non-hydrogen) atoms. The zero-order valence-electron chi connectivity index (χ0n) is 8.91. The van der Waals surface area contributed by atoms with Gasteiger partial charge in [-0.15, -0.1) is 0 Å². The third-order valence-corrected chi connectivity index (χ3v) is 2.68. The van der Waals surface area contributed by atoms with Gasteiger partial charge >= 0.3 is 5.97 Å². The topological polar surface area (TPSA) is 63.6 Å². The summed E-state index contributed by atoms with van der Waals surface area (Å²) < 4.78 is 4.96. The number of aryl methyl sites for hydroxylation is 1. The molecule has 0 saturated heterocycles. The standard InChI is InChI=1S/C11H11BrO4/c1-3-16-11(15)10(14)8-7(12)5-4-6(2)9(8)13/h4-5,13H,3H2,1-2H3. The highest BCUT2D eigenvalue weighted by Gasteiger charge is 2.24. The summed E-state index contributed by atoms with van der Waals surface area (Å²) >= 11 is 3.11. The Balaban J connectivity index is 3.18. The Labute approximate surface area is 101 Å². The van der Waals surface area contributed by atoms with Crippen LogP contribution in [0.25, 0.3) is 0 Å². The minimum Gasteiger partial charge on any atom is -0.507 e. The van der Waals surface area contributed by atoms with Crippen LogP contribution in [0.3, 0.4) is 0 Å². The Hall–Kier alpha value is -1.36. The molecule has 0 heterocycles. The average molecular weight is 287 g/mol. The monoisotopic (exact) mass is 286 g/mol. The highest BCUT2D eigenvalue weighted by Crippen LogP contribution is 2.29. The van der Waals surface area contributed by atoms with Gasteiger partial charge in [-0.25, -0.2) is 4.79 Å². The van der Waals surface area contributed by atoms with Gasteiger partial charge < -0.3 is 9.84 Å². The minimum absolute atomic E-state index is 0.0570. The van der Waals surface area contributed by atoms with Gasteiger partial charge in [0.1, 0.15) is 5.75 Å². The van der Waals surface area contributed by atoms with Gasteiger partial charge in [0.25, 0.3) is 5.78 Å². The summed E-state index contributed by atoms with van der Waals surface area (Å²) in [6, 6.07) is 3.24. The Morgan fingerprint density at radius 3 is 2.62 bits per heavy atom. The number of hydrogen-bond donors (Lipinski definition) is 1. The molecule has 1 aromatic carbocycles. The van der Waals surface area contributed by atoms with Crippen LogP contribution in [-0.4, -0.2) is 23.5 Å². The normalized spacial score (nSPS) is 9.94. The smallest absolute Gasteiger partial charge is 0.379 e. The van der Waals surface area contributed by atoms with Crippen molar-refractivity contribution in [2.45, 2.75) is 13.8 Å². The third-order valence-electron chi connectivity index (χ3n) is 2.02. The van der Waals surface area contributed by atoms with Gasteiger partial charge in [-0.2, -0.15) is 0 Å². The average Bonchev–Trinajstić information content (AvgIpc) is 2.24. The molecule has 0 atom stereocenters. The maximum absolute atomic E-state index is 11.7. The number of hydrogen-bond acceptors (Lipinski definition) is 4. The number of esters is 1. The van der Waals surface area contributed by atoms with E-state index in [9.17, 15) is 14.7 Å². The number of phenolic OH excluding ortho intramolecular Hbond substituents is 1. The fraction of sp³-hybridized carbons (Fsp3) is 0.273. The summed E-state index contributed by atoms with van der Waals surface area (Å²) in [5.74, 6) is -2.02. The lowest BCUT2D eigenvalue weighted by molar-refractivity contribution is -0.137. The maximum Gasteiger partial charge on any atom is 0.379 e. The molecule has 0 aliphatic carbocycles. The van der Waals surface area contributed by atoms with Crippen molar-refractivity contribution in [3.05, 3.63) is 27.7 Å². The number of rotatable bonds is 3. The van der Waals surface area contributed by atoms with Crippen molar-refractivity contribution in [2.24, 2.45) is 0 Å². The van der Waals surface area contributed by atoms with Crippen molar-refractivity contribution in [1.82, 2.24) is 0 Å². The Morgan fingerprint density at radius 1 is 1.44 bits per heavy atom. The Bertz CT molecular complexity index is 440. The number of carbonyl (C=O) groups is 2. The van der Waals surface area contributed by atoms with Crippen LogP contribution < -0.4 is 0 Å². The van der Waals surface area contributed by atoms with Crippen LogP contribution in [-0.2, 0) is 9.53 Å². The van der Waals surface area contributed by atoms with Gasteiger partial charge in [0, 0.05) is 4.47 Å². The second-order valence-corrected chi connectivity index (χ2v) is 3.99. The number of ketones is 1. The molecule has 0 amide bonds. The van der Waals surface area contributed by atoms with E-state index in [1.807, 2.05) is 0 Å². The van der Waals surface area contributed by atoms with E-state index in [1.54, 1.807) is 26.0 Å². The molecule has 0 radical (unpaired) electrons. The van der Waals surface area contributed by atoms with Crippen LogP contribution in [0.5, 0.6) is 5.75 Å². The Kier molecular flexibility index (Phi) is 4.06. The van der Waals surface area contributed by atoms with Crippen LogP contribution >= 0.6 is 15.9 Å². The summed E-state index contributed by atoms with van der Waals surface area (Å²) in [5, 5.41) is 9.71. The van der Waals surface area contributed by atoms with E-state index in [4.69, 9.17) is 0 Å². The second-order valence-electron chi connectivity index (χ2n) is 3.14. The van der Waals surface area contributed by atoms with E-state index >= 15 is 0 Å². The molecule has 0 spiro atoms. The number of carbonyl (C=O) groups excluding carboxylic acids is 2. The fourth-order valence-corrected chi connectivity index (χ4v) is 1.69. The summed E-state index contributed by atoms with van der Waals surface area (Å²) in [4.78, 5) is 22.9. The zero-order valence-corrected chi connectivity index (χ0v) is 10.5.